The topological polar surface area (TPSA) is 89.6 Å². The number of nitrogens with zero attached hydrogens (tertiary/aromatic N) is 3. The zero-order chi connectivity index (χ0) is 13.1. The molecule has 0 aromatic carbocycles. The molecule has 0 aliphatic carbocycles. The Morgan fingerprint density at radius 2 is 2.33 bits per heavy atom. The third-order valence-electron chi connectivity index (χ3n) is 2.47. The Morgan fingerprint density at radius 1 is 1.56 bits per heavy atom. The van der Waals surface area contributed by atoms with Crippen LogP contribution in [0, 0.1) is 0 Å². The van der Waals surface area contributed by atoms with E-state index < -0.39 is 0 Å². The highest BCUT2D eigenvalue weighted by atomic mass is 32.2. The number of nitrogens with one attached hydrogen (secondary N) is 1. The maximum absolute atomic E-state index is 11.4. The highest BCUT2D eigenvalue weighted by Crippen LogP contribution is 2.24. The molecule has 1 atom stereocenters. The number of aromatic nitrogens is 4. The van der Waals surface area contributed by atoms with Crippen LogP contribution >= 0.6 is 11.8 Å². The molecule has 0 saturated carbocycles. The van der Waals surface area contributed by atoms with E-state index >= 15 is 0 Å². The molecule has 0 unspecified atom stereocenters. The number of nitrogens with two attached hydrogens (primary N) is 1. The van der Waals surface area contributed by atoms with Crippen molar-refractivity contribution in [3.05, 3.63) is 34.5 Å². The van der Waals surface area contributed by atoms with Crippen molar-refractivity contribution in [1.82, 2.24) is 19.7 Å². The van der Waals surface area contributed by atoms with Gasteiger partial charge in [-0.15, -0.1) is 5.10 Å². The quantitative estimate of drug-likeness (QED) is 0.865. The van der Waals surface area contributed by atoms with Crippen molar-refractivity contribution < 1.29 is 0 Å². The fourth-order valence-electron chi connectivity index (χ4n) is 1.49. The van der Waals surface area contributed by atoms with E-state index in [0.717, 1.165) is 10.6 Å². The average molecular weight is 265 g/mol. The Hall–Kier alpha value is -1.60. The van der Waals surface area contributed by atoms with E-state index in [1.165, 1.54) is 11.8 Å². The van der Waals surface area contributed by atoms with Gasteiger partial charge in [-0.25, -0.2) is 9.89 Å². The molecule has 0 spiro atoms. The molecule has 0 bridgehead atoms. The molecule has 2 heterocycles. The van der Waals surface area contributed by atoms with E-state index in [-0.39, 0.29) is 11.7 Å². The van der Waals surface area contributed by atoms with Crippen LogP contribution in [0.3, 0.4) is 0 Å². The number of aromatic amines is 1. The Balaban J connectivity index is 2.21. The second-order valence-corrected chi connectivity index (χ2v) is 4.91. The molecular formula is C11H15N5OS. The lowest BCUT2D eigenvalue weighted by molar-refractivity contribution is 0.660. The van der Waals surface area contributed by atoms with Crippen LogP contribution in [-0.4, -0.2) is 19.7 Å². The van der Waals surface area contributed by atoms with Gasteiger partial charge in [0.25, 0.3) is 0 Å². The highest BCUT2D eigenvalue weighted by molar-refractivity contribution is 7.99. The van der Waals surface area contributed by atoms with Crippen molar-refractivity contribution in [2.75, 3.05) is 0 Å². The van der Waals surface area contributed by atoms with Crippen LogP contribution in [0.2, 0.25) is 0 Å². The average Bonchev–Trinajstić information content (AvgIpc) is 2.70. The molecule has 6 nitrogen and oxygen atoms in total. The van der Waals surface area contributed by atoms with E-state index in [2.05, 4.69) is 15.2 Å². The van der Waals surface area contributed by atoms with Gasteiger partial charge in [0.2, 0.25) is 0 Å². The Morgan fingerprint density at radius 3 is 2.89 bits per heavy atom. The second-order valence-electron chi connectivity index (χ2n) is 3.87. The van der Waals surface area contributed by atoms with Crippen molar-refractivity contribution in [1.29, 1.82) is 0 Å². The third kappa shape index (κ3) is 2.62. The summed E-state index contributed by atoms with van der Waals surface area (Å²) in [6.07, 6.45) is 1.74. The zero-order valence-corrected chi connectivity index (χ0v) is 11.1. The minimum atomic E-state index is -0.194. The van der Waals surface area contributed by atoms with Crippen molar-refractivity contribution in [2.45, 2.75) is 36.5 Å². The lowest BCUT2D eigenvalue weighted by atomic mass is 10.2. The van der Waals surface area contributed by atoms with Crippen LogP contribution in [0.5, 0.6) is 0 Å². The maximum Gasteiger partial charge on any atom is 0.343 e. The number of hydrogen-bond donors (Lipinski definition) is 2. The van der Waals surface area contributed by atoms with Gasteiger partial charge < -0.3 is 5.73 Å². The van der Waals surface area contributed by atoms with Gasteiger partial charge in [0.15, 0.2) is 5.16 Å². The van der Waals surface area contributed by atoms with Gasteiger partial charge in [-0.1, -0.05) is 0 Å². The first-order chi connectivity index (χ1) is 8.61. The summed E-state index contributed by atoms with van der Waals surface area (Å²) in [5.41, 5.74) is 6.38. The lowest BCUT2D eigenvalue weighted by Crippen LogP contribution is -2.16. The molecule has 0 fully saturated rings. The molecule has 0 saturated heterocycles. The van der Waals surface area contributed by atoms with E-state index in [0.29, 0.717) is 11.7 Å². The Labute approximate surface area is 109 Å². The van der Waals surface area contributed by atoms with Gasteiger partial charge in [0.05, 0.1) is 5.69 Å². The summed E-state index contributed by atoms with van der Waals surface area (Å²) in [4.78, 5) is 16.6. The smallest absolute Gasteiger partial charge is 0.323 e. The number of hydrogen-bond acceptors (Lipinski definition) is 5. The van der Waals surface area contributed by atoms with Crippen molar-refractivity contribution in [2.24, 2.45) is 5.73 Å². The fourth-order valence-corrected chi connectivity index (χ4v) is 2.35. The van der Waals surface area contributed by atoms with Gasteiger partial charge in [0, 0.05) is 23.7 Å². The van der Waals surface area contributed by atoms with E-state index in [4.69, 9.17) is 5.73 Å². The molecule has 2 aromatic rings. The molecule has 2 rings (SSSR count). The van der Waals surface area contributed by atoms with Crippen LogP contribution in [0.15, 0.2) is 33.2 Å². The molecule has 0 aliphatic rings. The largest absolute Gasteiger partial charge is 0.343 e. The minimum Gasteiger partial charge on any atom is -0.323 e. The second kappa shape index (κ2) is 5.36. The molecule has 7 heteroatoms. The minimum absolute atomic E-state index is 0.0803. The maximum atomic E-state index is 11.4. The number of pyridine rings is 1. The molecular weight excluding hydrogens is 250 g/mol. The van der Waals surface area contributed by atoms with Crippen molar-refractivity contribution in [3.63, 3.8) is 0 Å². The monoisotopic (exact) mass is 265 g/mol. The third-order valence-corrected chi connectivity index (χ3v) is 3.45. The van der Waals surface area contributed by atoms with E-state index in [1.807, 2.05) is 26.0 Å². The fraction of sp³-hybridized carbons (Fsp3) is 0.364. The predicted molar refractivity (Wildman–Crippen MR) is 69.5 cm³/mol. The zero-order valence-electron chi connectivity index (χ0n) is 10.3. The molecule has 0 amide bonds. The van der Waals surface area contributed by atoms with Crippen molar-refractivity contribution in [3.8, 4) is 0 Å². The molecule has 3 N–H and O–H groups in total. The predicted octanol–water partition coefficient (Wildman–Crippen LogP) is 1.16. The number of H-pyrrole nitrogens is 1. The van der Waals surface area contributed by atoms with Gasteiger partial charge in [-0.05, 0) is 37.7 Å². The highest BCUT2D eigenvalue weighted by Gasteiger charge is 2.09. The first-order valence-electron chi connectivity index (χ1n) is 5.66. The summed E-state index contributed by atoms with van der Waals surface area (Å²) >= 11 is 1.40. The van der Waals surface area contributed by atoms with Crippen LogP contribution in [0.4, 0.5) is 0 Å². The normalized spacial score (nSPS) is 12.6. The summed E-state index contributed by atoms with van der Waals surface area (Å²) in [7, 11) is 0. The SMILES string of the molecule is CCn1c(Sc2ccc([C@H](C)N)nc2)n[nH]c1=O. The summed E-state index contributed by atoms with van der Waals surface area (Å²) in [5, 5.41) is 7.05. The van der Waals surface area contributed by atoms with Crippen LogP contribution in [0.1, 0.15) is 25.6 Å². The molecule has 96 valence electrons. The number of rotatable bonds is 4. The molecule has 0 radical (unpaired) electrons. The lowest BCUT2D eigenvalue weighted by Gasteiger charge is -2.05. The van der Waals surface area contributed by atoms with Gasteiger partial charge in [-0.2, -0.15) is 0 Å². The standard InChI is InChI=1S/C11H15N5OS/c1-3-16-10(17)14-15-11(16)18-8-4-5-9(7(2)12)13-6-8/h4-7H,3,12H2,1-2H3,(H,14,17)/t7-/m0/s1. The van der Waals surface area contributed by atoms with Gasteiger partial charge in [0.1, 0.15) is 0 Å². The molecule has 0 aliphatic heterocycles. The van der Waals surface area contributed by atoms with Crippen LogP contribution in [-0.2, 0) is 6.54 Å². The Kier molecular flexibility index (Phi) is 3.83. The van der Waals surface area contributed by atoms with Crippen LogP contribution in [0.25, 0.3) is 0 Å². The summed E-state index contributed by atoms with van der Waals surface area (Å²) in [5.74, 6) is 0. The van der Waals surface area contributed by atoms with E-state index in [9.17, 15) is 4.79 Å². The summed E-state index contributed by atoms with van der Waals surface area (Å²) in [6, 6.07) is 3.73. The molecule has 18 heavy (non-hydrogen) atoms. The van der Waals surface area contributed by atoms with Gasteiger partial charge >= 0.3 is 5.69 Å². The van der Waals surface area contributed by atoms with Crippen molar-refractivity contribution >= 4 is 11.8 Å². The molecule has 2 aromatic heterocycles. The first-order valence-corrected chi connectivity index (χ1v) is 6.48. The Bertz CT molecular complexity index is 572. The summed E-state index contributed by atoms with van der Waals surface area (Å²) < 4.78 is 1.57. The van der Waals surface area contributed by atoms with Crippen LogP contribution < -0.4 is 11.4 Å². The first kappa shape index (κ1) is 12.8. The van der Waals surface area contributed by atoms with E-state index in [1.54, 1.807) is 10.8 Å². The van der Waals surface area contributed by atoms with Gasteiger partial charge in [-0.3, -0.25) is 9.55 Å². The summed E-state index contributed by atoms with van der Waals surface area (Å²) in [6.45, 7) is 4.37.